The van der Waals surface area contributed by atoms with Gasteiger partial charge in [0.2, 0.25) is 0 Å². The molecule has 0 aromatic carbocycles. The normalized spacial score (nSPS) is 37.5. The molecule has 2 fully saturated rings. The lowest BCUT2D eigenvalue weighted by atomic mass is 9.62. The van der Waals surface area contributed by atoms with Crippen LogP contribution in [0.1, 0.15) is 99.3 Å². The highest BCUT2D eigenvalue weighted by Gasteiger charge is 2.50. The Kier molecular flexibility index (Phi) is 7.29. The van der Waals surface area contributed by atoms with Gasteiger partial charge in [0.1, 0.15) is 0 Å². The molecule has 1 unspecified atom stereocenters. The third-order valence-electron chi connectivity index (χ3n) is 9.59. The standard InChI is InChI=1S/C30H46O2/c1-21-19-23(3)24(4)26(20-21)12-11-25-10-8-15-29(5)27(13-14-28(25)29)22(2)9-7-16-30(6)31-17-18-32-30/h10,21-23,27-28H,7-9,13-20H2,1-6H3/t21-,22+,23-,27+,28?,29+/m0/s1. The molecule has 178 valence electrons. The molecule has 0 N–H and O–H groups in total. The highest BCUT2D eigenvalue weighted by molar-refractivity contribution is 5.44. The number of hydrogen-bond acceptors (Lipinski definition) is 2. The summed E-state index contributed by atoms with van der Waals surface area (Å²) in [6.07, 6.45) is 13.7. The number of allylic oxidation sites excluding steroid dienone is 4. The van der Waals surface area contributed by atoms with Crippen LogP contribution in [0.15, 0.2) is 22.8 Å². The Morgan fingerprint density at radius 2 is 1.88 bits per heavy atom. The molecule has 32 heavy (non-hydrogen) atoms. The van der Waals surface area contributed by atoms with Crippen molar-refractivity contribution >= 4 is 0 Å². The molecule has 0 aromatic heterocycles. The summed E-state index contributed by atoms with van der Waals surface area (Å²) in [5.41, 5.74) is 4.84. The monoisotopic (exact) mass is 438 g/mol. The first-order chi connectivity index (χ1) is 15.2. The van der Waals surface area contributed by atoms with E-state index >= 15 is 0 Å². The van der Waals surface area contributed by atoms with Crippen molar-refractivity contribution in [2.24, 2.45) is 35.0 Å². The molecule has 2 heteroatoms. The zero-order chi connectivity index (χ0) is 22.9. The van der Waals surface area contributed by atoms with Gasteiger partial charge < -0.3 is 9.47 Å². The van der Waals surface area contributed by atoms with Gasteiger partial charge in [0.25, 0.3) is 0 Å². The third-order valence-corrected chi connectivity index (χ3v) is 9.59. The van der Waals surface area contributed by atoms with Gasteiger partial charge in [-0.2, -0.15) is 0 Å². The lowest BCUT2D eigenvalue weighted by Gasteiger charge is -2.42. The van der Waals surface area contributed by atoms with E-state index in [0.29, 0.717) is 17.3 Å². The molecule has 2 nitrogen and oxygen atoms in total. The topological polar surface area (TPSA) is 18.5 Å². The van der Waals surface area contributed by atoms with Crippen LogP contribution in [-0.4, -0.2) is 19.0 Å². The SMILES string of the molecule is CC1=C(C#CC2=CCC[C@@]3(C)C2CC[C@@H]3[C@H](C)CCCC2(C)OCCO2)C[C@@H](C)C[C@@H]1C. The maximum absolute atomic E-state index is 5.82. The van der Waals surface area contributed by atoms with Crippen molar-refractivity contribution in [3.05, 3.63) is 22.8 Å². The fraction of sp³-hybridized carbons (Fsp3) is 0.800. The van der Waals surface area contributed by atoms with Crippen LogP contribution >= 0.6 is 0 Å². The molecule has 6 atom stereocenters. The van der Waals surface area contributed by atoms with Gasteiger partial charge in [0, 0.05) is 17.6 Å². The number of hydrogen-bond donors (Lipinski definition) is 0. The van der Waals surface area contributed by atoms with E-state index in [-0.39, 0.29) is 5.79 Å². The van der Waals surface area contributed by atoms with Gasteiger partial charge in [-0.3, -0.25) is 0 Å². The lowest BCUT2D eigenvalue weighted by Crippen LogP contribution is -2.35. The first kappa shape index (κ1) is 24.1. The Balaban J connectivity index is 1.41. The average Bonchev–Trinajstić information content (AvgIpc) is 3.33. The van der Waals surface area contributed by atoms with Gasteiger partial charge in [-0.1, -0.05) is 57.6 Å². The first-order valence-corrected chi connectivity index (χ1v) is 13.4. The summed E-state index contributed by atoms with van der Waals surface area (Å²) >= 11 is 0. The predicted molar refractivity (Wildman–Crippen MR) is 133 cm³/mol. The van der Waals surface area contributed by atoms with E-state index in [2.05, 4.69) is 59.5 Å². The van der Waals surface area contributed by atoms with Crippen molar-refractivity contribution < 1.29 is 9.47 Å². The first-order valence-electron chi connectivity index (χ1n) is 13.4. The zero-order valence-corrected chi connectivity index (χ0v) is 21.6. The summed E-state index contributed by atoms with van der Waals surface area (Å²) in [6, 6.07) is 0. The highest BCUT2D eigenvalue weighted by atomic mass is 16.7. The van der Waals surface area contributed by atoms with Crippen molar-refractivity contribution in [2.75, 3.05) is 13.2 Å². The summed E-state index contributed by atoms with van der Waals surface area (Å²) in [5.74, 6) is 10.8. The van der Waals surface area contributed by atoms with Crippen molar-refractivity contribution in [1.82, 2.24) is 0 Å². The van der Waals surface area contributed by atoms with Crippen molar-refractivity contribution in [3.63, 3.8) is 0 Å². The second-order valence-corrected chi connectivity index (χ2v) is 12.0. The number of rotatable bonds is 5. The Bertz CT molecular complexity index is 802. The third kappa shape index (κ3) is 4.90. The fourth-order valence-electron chi connectivity index (χ4n) is 7.50. The van der Waals surface area contributed by atoms with Crippen LogP contribution < -0.4 is 0 Å². The predicted octanol–water partition coefficient (Wildman–Crippen LogP) is 7.69. The molecule has 0 amide bonds. The molecular formula is C30H46O2. The molecule has 1 saturated heterocycles. The van der Waals surface area contributed by atoms with Crippen molar-refractivity contribution in [1.29, 1.82) is 0 Å². The van der Waals surface area contributed by atoms with Crippen molar-refractivity contribution in [3.8, 4) is 11.8 Å². The minimum atomic E-state index is -0.334. The molecule has 1 aliphatic heterocycles. The van der Waals surface area contributed by atoms with E-state index in [1.807, 2.05) is 0 Å². The van der Waals surface area contributed by atoms with Gasteiger partial charge in [0.05, 0.1) is 13.2 Å². The van der Waals surface area contributed by atoms with E-state index < -0.39 is 0 Å². The molecule has 4 aliphatic rings. The molecular weight excluding hydrogens is 392 g/mol. The maximum atomic E-state index is 5.82. The van der Waals surface area contributed by atoms with Gasteiger partial charge in [-0.05, 0) is 93.8 Å². The quantitative estimate of drug-likeness (QED) is 0.409. The average molecular weight is 439 g/mol. The second-order valence-electron chi connectivity index (χ2n) is 12.0. The van der Waals surface area contributed by atoms with Crippen LogP contribution in [0, 0.1) is 46.8 Å². The minimum Gasteiger partial charge on any atom is -0.348 e. The lowest BCUT2D eigenvalue weighted by molar-refractivity contribution is -0.148. The Labute approximate surface area is 197 Å². The Morgan fingerprint density at radius 1 is 1.12 bits per heavy atom. The molecule has 0 radical (unpaired) electrons. The van der Waals surface area contributed by atoms with Gasteiger partial charge in [-0.15, -0.1) is 0 Å². The molecule has 4 rings (SSSR count). The summed E-state index contributed by atoms with van der Waals surface area (Å²) in [5, 5.41) is 0. The van der Waals surface area contributed by atoms with E-state index in [1.165, 1.54) is 68.1 Å². The molecule has 1 saturated carbocycles. The van der Waals surface area contributed by atoms with E-state index in [1.54, 1.807) is 0 Å². The number of ether oxygens (including phenoxy) is 2. The van der Waals surface area contributed by atoms with Crippen LogP contribution in [0.4, 0.5) is 0 Å². The van der Waals surface area contributed by atoms with Gasteiger partial charge >= 0.3 is 0 Å². The number of fused-ring (bicyclic) bond motifs is 1. The zero-order valence-electron chi connectivity index (χ0n) is 21.6. The van der Waals surface area contributed by atoms with Crippen LogP contribution in [-0.2, 0) is 9.47 Å². The molecule has 0 aromatic rings. The summed E-state index contributed by atoms with van der Waals surface area (Å²) < 4.78 is 11.6. The van der Waals surface area contributed by atoms with Crippen LogP contribution in [0.2, 0.25) is 0 Å². The highest BCUT2D eigenvalue weighted by Crippen LogP contribution is 2.58. The van der Waals surface area contributed by atoms with Gasteiger partial charge in [-0.25, -0.2) is 0 Å². The Morgan fingerprint density at radius 3 is 2.62 bits per heavy atom. The maximum Gasteiger partial charge on any atom is 0.165 e. The van der Waals surface area contributed by atoms with E-state index in [4.69, 9.17) is 9.47 Å². The van der Waals surface area contributed by atoms with E-state index in [0.717, 1.165) is 37.4 Å². The van der Waals surface area contributed by atoms with Crippen LogP contribution in [0.5, 0.6) is 0 Å². The summed E-state index contributed by atoms with van der Waals surface area (Å²) in [4.78, 5) is 0. The van der Waals surface area contributed by atoms with Crippen LogP contribution in [0.25, 0.3) is 0 Å². The van der Waals surface area contributed by atoms with E-state index in [9.17, 15) is 0 Å². The second kappa shape index (κ2) is 9.68. The van der Waals surface area contributed by atoms with Gasteiger partial charge in [0.15, 0.2) is 5.79 Å². The minimum absolute atomic E-state index is 0.334. The molecule has 0 bridgehead atoms. The molecule has 1 heterocycles. The molecule has 0 spiro atoms. The van der Waals surface area contributed by atoms with Crippen LogP contribution in [0.3, 0.4) is 0 Å². The fourth-order valence-corrected chi connectivity index (χ4v) is 7.50. The summed E-state index contributed by atoms with van der Waals surface area (Å²) in [6.45, 7) is 15.8. The Hall–Kier alpha value is -1.04. The summed E-state index contributed by atoms with van der Waals surface area (Å²) in [7, 11) is 0. The smallest absolute Gasteiger partial charge is 0.165 e. The molecule has 3 aliphatic carbocycles. The largest absolute Gasteiger partial charge is 0.348 e. The van der Waals surface area contributed by atoms with Crippen molar-refractivity contribution in [2.45, 2.75) is 105 Å².